The molecule has 1 heterocycles. The molecule has 0 aliphatic rings. The molecule has 6 heteroatoms. The Morgan fingerprint density at radius 2 is 1.79 bits per heavy atom. The number of benzene rings is 3. The van der Waals surface area contributed by atoms with E-state index in [1.165, 1.54) is 0 Å². The summed E-state index contributed by atoms with van der Waals surface area (Å²) in [4.78, 5) is 19.7. The number of methoxy groups -OCH3 is 1. The lowest BCUT2D eigenvalue weighted by Gasteiger charge is -2.14. The van der Waals surface area contributed by atoms with Crippen LogP contribution in [0.15, 0.2) is 71.5 Å². The van der Waals surface area contributed by atoms with Crippen molar-refractivity contribution in [1.29, 1.82) is 0 Å². The topological polar surface area (TPSA) is 64.2 Å². The standard InChI is InChI=1S/C22H17ClN2O3/c1-27-19-12-15(21-24-18-10-6-5-9-16(18)22(26)25-21)11-17(23)20(19)28-13-14-7-3-2-4-8-14/h2-12H,13H2,1H3,(H,24,25,26). The highest BCUT2D eigenvalue weighted by Gasteiger charge is 2.15. The monoisotopic (exact) mass is 392 g/mol. The van der Waals surface area contributed by atoms with E-state index in [4.69, 9.17) is 21.1 Å². The second-order valence-electron chi connectivity index (χ2n) is 6.20. The van der Waals surface area contributed by atoms with Crippen molar-refractivity contribution in [3.8, 4) is 22.9 Å². The van der Waals surface area contributed by atoms with Crippen molar-refractivity contribution in [2.45, 2.75) is 6.61 Å². The molecule has 0 saturated carbocycles. The Hall–Kier alpha value is -3.31. The molecule has 4 rings (SSSR count). The smallest absolute Gasteiger partial charge is 0.259 e. The molecule has 3 aromatic carbocycles. The zero-order valence-electron chi connectivity index (χ0n) is 15.1. The van der Waals surface area contributed by atoms with E-state index < -0.39 is 0 Å². The predicted octanol–water partition coefficient (Wildman–Crippen LogP) is 4.83. The summed E-state index contributed by atoms with van der Waals surface area (Å²) in [5.74, 6) is 1.33. The van der Waals surface area contributed by atoms with Crippen molar-refractivity contribution in [2.75, 3.05) is 7.11 Å². The number of ether oxygens (including phenoxy) is 2. The van der Waals surface area contributed by atoms with Gasteiger partial charge in [-0.05, 0) is 29.8 Å². The second-order valence-corrected chi connectivity index (χ2v) is 6.60. The van der Waals surface area contributed by atoms with Crippen LogP contribution in [0, 0.1) is 0 Å². The summed E-state index contributed by atoms with van der Waals surface area (Å²) in [6.45, 7) is 0.362. The number of rotatable bonds is 5. The third-order valence-corrected chi connectivity index (χ3v) is 4.62. The van der Waals surface area contributed by atoms with Crippen LogP contribution in [0.3, 0.4) is 0 Å². The van der Waals surface area contributed by atoms with Crippen molar-refractivity contribution in [3.63, 3.8) is 0 Å². The van der Waals surface area contributed by atoms with Gasteiger partial charge in [0.15, 0.2) is 11.5 Å². The number of H-pyrrole nitrogens is 1. The Balaban J connectivity index is 1.72. The van der Waals surface area contributed by atoms with Crippen molar-refractivity contribution >= 4 is 22.5 Å². The molecular weight excluding hydrogens is 376 g/mol. The Morgan fingerprint density at radius 1 is 1.04 bits per heavy atom. The summed E-state index contributed by atoms with van der Waals surface area (Å²) in [5, 5.41) is 0.910. The lowest BCUT2D eigenvalue weighted by atomic mass is 10.1. The Bertz CT molecular complexity index is 1190. The van der Waals surface area contributed by atoms with Gasteiger partial charge in [-0.15, -0.1) is 0 Å². The minimum Gasteiger partial charge on any atom is -0.493 e. The van der Waals surface area contributed by atoms with E-state index in [0.29, 0.717) is 45.4 Å². The van der Waals surface area contributed by atoms with Crippen LogP contribution in [0.5, 0.6) is 11.5 Å². The summed E-state index contributed by atoms with van der Waals surface area (Å²) in [5.41, 5.74) is 2.06. The van der Waals surface area contributed by atoms with Gasteiger partial charge in [-0.25, -0.2) is 4.98 Å². The van der Waals surface area contributed by atoms with Crippen LogP contribution in [0.25, 0.3) is 22.3 Å². The van der Waals surface area contributed by atoms with Gasteiger partial charge in [-0.2, -0.15) is 0 Å². The van der Waals surface area contributed by atoms with Crippen LogP contribution in [0.2, 0.25) is 5.02 Å². The van der Waals surface area contributed by atoms with Crippen LogP contribution >= 0.6 is 11.6 Å². The number of nitrogens with one attached hydrogen (secondary N) is 1. The number of fused-ring (bicyclic) bond motifs is 1. The normalized spacial score (nSPS) is 10.8. The van der Waals surface area contributed by atoms with Crippen LogP contribution in [-0.4, -0.2) is 17.1 Å². The first-order valence-corrected chi connectivity index (χ1v) is 9.07. The third-order valence-electron chi connectivity index (χ3n) is 4.34. The Kier molecular flexibility index (Phi) is 5.00. The second kappa shape index (κ2) is 7.74. The van der Waals surface area contributed by atoms with Gasteiger partial charge in [0, 0.05) is 5.56 Å². The first-order chi connectivity index (χ1) is 13.7. The van der Waals surface area contributed by atoms with E-state index in [9.17, 15) is 4.79 Å². The highest BCUT2D eigenvalue weighted by atomic mass is 35.5. The predicted molar refractivity (Wildman–Crippen MR) is 110 cm³/mol. The summed E-state index contributed by atoms with van der Waals surface area (Å²) in [7, 11) is 1.54. The van der Waals surface area contributed by atoms with Crippen LogP contribution in [0.4, 0.5) is 0 Å². The molecule has 0 unspecified atom stereocenters. The Labute approximate surface area is 166 Å². The van der Waals surface area contributed by atoms with Crippen molar-refractivity contribution in [3.05, 3.63) is 87.7 Å². The molecule has 0 saturated heterocycles. The maximum absolute atomic E-state index is 12.4. The number of aromatic nitrogens is 2. The van der Waals surface area contributed by atoms with Crippen molar-refractivity contribution < 1.29 is 9.47 Å². The van der Waals surface area contributed by atoms with E-state index in [1.807, 2.05) is 36.4 Å². The van der Waals surface area contributed by atoms with Crippen molar-refractivity contribution in [1.82, 2.24) is 9.97 Å². The molecule has 0 radical (unpaired) electrons. The van der Waals surface area contributed by atoms with Crippen molar-refractivity contribution in [2.24, 2.45) is 0 Å². The molecule has 0 spiro atoms. The SMILES string of the molecule is COc1cc(-c2nc3ccccc3c(=O)[nH]2)cc(Cl)c1OCc1ccccc1. The number of hydrogen-bond donors (Lipinski definition) is 1. The minimum absolute atomic E-state index is 0.208. The fraction of sp³-hybridized carbons (Fsp3) is 0.0909. The van der Waals surface area contributed by atoms with E-state index in [0.717, 1.165) is 5.56 Å². The van der Waals surface area contributed by atoms with Gasteiger partial charge in [0.1, 0.15) is 12.4 Å². The van der Waals surface area contributed by atoms with E-state index in [1.54, 1.807) is 37.4 Å². The molecule has 140 valence electrons. The number of para-hydroxylation sites is 1. The van der Waals surface area contributed by atoms with Gasteiger partial charge in [0.2, 0.25) is 0 Å². The van der Waals surface area contributed by atoms with Crippen LogP contribution < -0.4 is 15.0 Å². The van der Waals surface area contributed by atoms with E-state index >= 15 is 0 Å². The van der Waals surface area contributed by atoms with Gasteiger partial charge in [-0.3, -0.25) is 4.79 Å². The minimum atomic E-state index is -0.208. The largest absolute Gasteiger partial charge is 0.493 e. The molecule has 1 N–H and O–H groups in total. The first-order valence-electron chi connectivity index (χ1n) is 8.69. The van der Waals surface area contributed by atoms with Crippen LogP contribution in [-0.2, 0) is 6.61 Å². The summed E-state index contributed by atoms with van der Waals surface area (Å²) >= 11 is 6.46. The number of hydrogen-bond acceptors (Lipinski definition) is 4. The number of halogens is 1. The van der Waals surface area contributed by atoms with Gasteiger partial charge in [0.05, 0.1) is 23.0 Å². The molecule has 0 atom stereocenters. The molecule has 0 fully saturated rings. The molecule has 0 bridgehead atoms. The molecule has 0 amide bonds. The molecule has 5 nitrogen and oxygen atoms in total. The summed E-state index contributed by atoms with van der Waals surface area (Å²) in [6, 6.07) is 20.4. The lowest BCUT2D eigenvalue weighted by molar-refractivity contribution is 0.285. The molecule has 4 aromatic rings. The molecule has 0 aliphatic carbocycles. The quantitative estimate of drug-likeness (QED) is 0.528. The average molecular weight is 393 g/mol. The van der Waals surface area contributed by atoms with Gasteiger partial charge < -0.3 is 14.5 Å². The zero-order chi connectivity index (χ0) is 19.5. The molecule has 0 aliphatic heterocycles. The summed E-state index contributed by atoms with van der Waals surface area (Å²) < 4.78 is 11.3. The third kappa shape index (κ3) is 3.57. The van der Waals surface area contributed by atoms with E-state index in [2.05, 4.69) is 9.97 Å². The maximum Gasteiger partial charge on any atom is 0.259 e. The van der Waals surface area contributed by atoms with Gasteiger partial charge in [0.25, 0.3) is 5.56 Å². The number of nitrogens with zero attached hydrogens (tertiary/aromatic N) is 1. The highest BCUT2D eigenvalue weighted by Crippen LogP contribution is 2.39. The number of aromatic amines is 1. The lowest BCUT2D eigenvalue weighted by Crippen LogP contribution is -2.09. The van der Waals surface area contributed by atoms with Gasteiger partial charge in [-0.1, -0.05) is 54.1 Å². The molecular formula is C22H17ClN2O3. The summed E-state index contributed by atoms with van der Waals surface area (Å²) in [6.07, 6.45) is 0. The Morgan fingerprint density at radius 3 is 2.57 bits per heavy atom. The van der Waals surface area contributed by atoms with Gasteiger partial charge >= 0.3 is 0 Å². The zero-order valence-corrected chi connectivity index (χ0v) is 15.9. The fourth-order valence-corrected chi connectivity index (χ4v) is 3.21. The molecule has 1 aromatic heterocycles. The first kappa shape index (κ1) is 18.1. The highest BCUT2D eigenvalue weighted by molar-refractivity contribution is 6.32. The fourth-order valence-electron chi connectivity index (χ4n) is 2.95. The maximum atomic E-state index is 12.4. The average Bonchev–Trinajstić information content (AvgIpc) is 2.73. The molecule has 28 heavy (non-hydrogen) atoms. The van der Waals surface area contributed by atoms with Crippen LogP contribution in [0.1, 0.15) is 5.56 Å². The van der Waals surface area contributed by atoms with E-state index in [-0.39, 0.29) is 5.56 Å².